The number of rotatable bonds is 5. The summed E-state index contributed by atoms with van der Waals surface area (Å²) in [5.41, 5.74) is 2.03. The van der Waals surface area contributed by atoms with Gasteiger partial charge in [0.05, 0.1) is 24.5 Å². The zero-order valence-corrected chi connectivity index (χ0v) is 9.41. The van der Waals surface area contributed by atoms with Gasteiger partial charge in [-0.1, -0.05) is 0 Å². The minimum atomic E-state index is -0.226. The van der Waals surface area contributed by atoms with E-state index in [0.717, 1.165) is 11.4 Å². The maximum absolute atomic E-state index is 11.0. The molecule has 84 valence electrons. The van der Waals surface area contributed by atoms with E-state index in [0.29, 0.717) is 13.2 Å². The fraction of sp³-hybridized carbons (Fsp3) is 0.600. The molecule has 0 spiro atoms. The Balaban J connectivity index is 2.31. The van der Waals surface area contributed by atoms with Crippen molar-refractivity contribution >= 4 is 5.97 Å². The highest BCUT2D eigenvalue weighted by atomic mass is 16.5. The summed E-state index contributed by atoms with van der Waals surface area (Å²) >= 11 is 0. The number of aromatic nitrogens is 2. The maximum atomic E-state index is 11.0. The van der Waals surface area contributed by atoms with Crippen molar-refractivity contribution in [2.75, 3.05) is 13.2 Å². The van der Waals surface area contributed by atoms with Gasteiger partial charge < -0.3 is 10.1 Å². The quantitative estimate of drug-likeness (QED) is 0.715. The highest BCUT2D eigenvalue weighted by Crippen LogP contribution is 2.00. The van der Waals surface area contributed by atoms with Crippen LogP contribution in [0.5, 0.6) is 0 Å². The van der Waals surface area contributed by atoms with Gasteiger partial charge >= 0.3 is 5.97 Å². The van der Waals surface area contributed by atoms with Crippen LogP contribution in [-0.2, 0) is 23.1 Å². The number of hydrogen-bond acceptors (Lipinski definition) is 4. The van der Waals surface area contributed by atoms with Crippen LogP contribution in [0.1, 0.15) is 18.3 Å². The first kappa shape index (κ1) is 11.7. The molecule has 0 radical (unpaired) electrons. The smallest absolute Gasteiger partial charge is 0.319 e. The molecule has 5 nitrogen and oxygen atoms in total. The van der Waals surface area contributed by atoms with Crippen molar-refractivity contribution in [1.82, 2.24) is 15.1 Å². The molecule has 0 atom stereocenters. The van der Waals surface area contributed by atoms with Gasteiger partial charge in [-0.15, -0.1) is 0 Å². The molecule has 0 aliphatic rings. The molecule has 1 heterocycles. The molecule has 0 unspecified atom stereocenters. The number of nitrogens with zero attached hydrogens (tertiary/aromatic N) is 2. The zero-order chi connectivity index (χ0) is 11.3. The molecule has 0 aliphatic heterocycles. The van der Waals surface area contributed by atoms with Gasteiger partial charge in [-0.2, -0.15) is 5.10 Å². The van der Waals surface area contributed by atoms with Crippen LogP contribution in [-0.4, -0.2) is 28.9 Å². The first-order valence-electron chi connectivity index (χ1n) is 4.99. The van der Waals surface area contributed by atoms with E-state index in [1.165, 1.54) is 0 Å². The van der Waals surface area contributed by atoms with Crippen molar-refractivity contribution in [1.29, 1.82) is 0 Å². The van der Waals surface area contributed by atoms with E-state index in [4.69, 9.17) is 4.74 Å². The van der Waals surface area contributed by atoms with Crippen LogP contribution in [0.3, 0.4) is 0 Å². The summed E-state index contributed by atoms with van der Waals surface area (Å²) < 4.78 is 6.59. The summed E-state index contributed by atoms with van der Waals surface area (Å²) in [6.45, 7) is 5.01. The molecule has 0 fully saturated rings. The van der Waals surface area contributed by atoms with Crippen LogP contribution in [0, 0.1) is 6.92 Å². The lowest BCUT2D eigenvalue weighted by molar-refractivity contribution is -0.142. The Morgan fingerprint density at radius 2 is 2.40 bits per heavy atom. The van der Waals surface area contributed by atoms with Crippen LogP contribution in [0.2, 0.25) is 0 Å². The first-order chi connectivity index (χ1) is 7.13. The normalized spacial score (nSPS) is 10.3. The Kier molecular flexibility index (Phi) is 4.30. The number of carbonyl (C=O) groups is 1. The van der Waals surface area contributed by atoms with E-state index >= 15 is 0 Å². The predicted molar refractivity (Wildman–Crippen MR) is 56.3 cm³/mol. The third-order valence-corrected chi connectivity index (χ3v) is 1.98. The number of nitrogens with one attached hydrogen (secondary N) is 1. The predicted octanol–water partition coefficient (Wildman–Crippen LogP) is 0.381. The van der Waals surface area contributed by atoms with Gasteiger partial charge in [0.15, 0.2) is 0 Å². The van der Waals surface area contributed by atoms with Gasteiger partial charge in [-0.25, -0.2) is 0 Å². The van der Waals surface area contributed by atoms with E-state index in [2.05, 4.69) is 10.4 Å². The lowest BCUT2D eigenvalue weighted by Gasteiger charge is -2.04. The standard InChI is InChI=1S/C10H17N3O2/c1-4-15-10(14)7-11-6-9-5-8(2)12-13(9)3/h5,11H,4,6-7H2,1-3H3. The Bertz CT molecular complexity index is 333. The minimum absolute atomic E-state index is 0.226. The van der Waals surface area contributed by atoms with Crippen molar-refractivity contribution in [3.05, 3.63) is 17.5 Å². The Morgan fingerprint density at radius 1 is 1.67 bits per heavy atom. The highest BCUT2D eigenvalue weighted by molar-refractivity contribution is 5.71. The number of ether oxygens (including phenoxy) is 1. The van der Waals surface area contributed by atoms with Crippen LogP contribution >= 0.6 is 0 Å². The van der Waals surface area contributed by atoms with Gasteiger partial charge in [0.2, 0.25) is 0 Å². The molecule has 1 N–H and O–H groups in total. The number of carbonyl (C=O) groups excluding carboxylic acids is 1. The molecular formula is C10H17N3O2. The molecular weight excluding hydrogens is 194 g/mol. The summed E-state index contributed by atoms with van der Waals surface area (Å²) in [6.07, 6.45) is 0. The molecule has 0 aliphatic carbocycles. The SMILES string of the molecule is CCOC(=O)CNCc1cc(C)nn1C. The number of hydrogen-bond donors (Lipinski definition) is 1. The third-order valence-electron chi connectivity index (χ3n) is 1.98. The summed E-state index contributed by atoms with van der Waals surface area (Å²) in [6, 6.07) is 1.98. The monoisotopic (exact) mass is 211 g/mol. The molecule has 1 aromatic rings. The Morgan fingerprint density at radius 3 is 2.93 bits per heavy atom. The number of aryl methyl sites for hydroxylation is 2. The summed E-state index contributed by atoms with van der Waals surface area (Å²) in [7, 11) is 1.88. The maximum Gasteiger partial charge on any atom is 0.319 e. The number of esters is 1. The van der Waals surface area contributed by atoms with Crippen molar-refractivity contribution in [2.45, 2.75) is 20.4 Å². The highest BCUT2D eigenvalue weighted by Gasteiger charge is 2.03. The molecule has 0 saturated carbocycles. The summed E-state index contributed by atoms with van der Waals surface area (Å²) in [5.74, 6) is -0.226. The van der Waals surface area contributed by atoms with Gasteiger partial charge in [-0.3, -0.25) is 9.48 Å². The molecule has 5 heteroatoms. The van der Waals surface area contributed by atoms with Gasteiger partial charge in [0, 0.05) is 13.6 Å². The zero-order valence-electron chi connectivity index (χ0n) is 9.41. The van der Waals surface area contributed by atoms with E-state index in [1.807, 2.05) is 20.0 Å². The van der Waals surface area contributed by atoms with Gasteiger partial charge in [-0.05, 0) is 19.9 Å². The summed E-state index contributed by atoms with van der Waals surface area (Å²) in [5, 5.41) is 7.21. The molecule has 1 rings (SSSR count). The molecule has 0 aromatic carbocycles. The third kappa shape index (κ3) is 3.71. The lowest BCUT2D eigenvalue weighted by atomic mass is 10.3. The van der Waals surface area contributed by atoms with Crippen molar-refractivity contribution < 1.29 is 9.53 Å². The summed E-state index contributed by atoms with van der Waals surface area (Å²) in [4.78, 5) is 11.0. The minimum Gasteiger partial charge on any atom is -0.465 e. The fourth-order valence-electron chi connectivity index (χ4n) is 1.33. The molecule has 0 bridgehead atoms. The second-order valence-electron chi connectivity index (χ2n) is 3.31. The molecule has 1 aromatic heterocycles. The lowest BCUT2D eigenvalue weighted by Crippen LogP contribution is -2.25. The molecule has 15 heavy (non-hydrogen) atoms. The molecule has 0 saturated heterocycles. The largest absolute Gasteiger partial charge is 0.465 e. The Hall–Kier alpha value is -1.36. The van der Waals surface area contributed by atoms with E-state index in [1.54, 1.807) is 11.6 Å². The van der Waals surface area contributed by atoms with Crippen molar-refractivity contribution in [2.24, 2.45) is 7.05 Å². The average molecular weight is 211 g/mol. The van der Waals surface area contributed by atoms with Crippen LogP contribution < -0.4 is 5.32 Å². The fourth-order valence-corrected chi connectivity index (χ4v) is 1.33. The molecule has 0 amide bonds. The van der Waals surface area contributed by atoms with E-state index in [-0.39, 0.29) is 12.5 Å². The van der Waals surface area contributed by atoms with Gasteiger partial charge in [0.25, 0.3) is 0 Å². The Labute approximate surface area is 89.4 Å². The van der Waals surface area contributed by atoms with Crippen molar-refractivity contribution in [3.63, 3.8) is 0 Å². The van der Waals surface area contributed by atoms with Crippen LogP contribution in [0.4, 0.5) is 0 Å². The topological polar surface area (TPSA) is 56.1 Å². The second-order valence-corrected chi connectivity index (χ2v) is 3.31. The van der Waals surface area contributed by atoms with Crippen LogP contribution in [0.15, 0.2) is 6.07 Å². The van der Waals surface area contributed by atoms with Crippen LogP contribution in [0.25, 0.3) is 0 Å². The second kappa shape index (κ2) is 5.50. The first-order valence-corrected chi connectivity index (χ1v) is 4.99. The van der Waals surface area contributed by atoms with E-state index < -0.39 is 0 Å². The van der Waals surface area contributed by atoms with Crippen molar-refractivity contribution in [3.8, 4) is 0 Å². The van der Waals surface area contributed by atoms with E-state index in [9.17, 15) is 4.79 Å². The average Bonchev–Trinajstić information content (AvgIpc) is 2.46. The van der Waals surface area contributed by atoms with Gasteiger partial charge in [0.1, 0.15) is 0 Å².